The Balaban J connectivity index is 0.00000338. The molecule has 0 spiro atoms. The standard InChI is InChI=1S/C19H35N5S.HI/c1-6-20-19(21-10-9-18-23-15(4)16(5)25-18)22-13-17(14(2)3)24-11-7-8-12-24;/h14,17H,6-13H2,1-5H3,(H2,20,21,22);1H. The fourth-order valence-electron chi connectivity index (χ4n) is 3.28. The van der Waals surface area contributed by atoms with E-state index >= 15 is 0 Å². The second kappa shape index (κ2) is 12.1. The van der Waals surface area contributed by atoms with Gasteiger partial charge in [-0.05, 0) is 52.6 Å². The Morgan fingerprint density at radius 1 is 1.23 bits per heavy atom. The van der Waals surface area contributed by atoms with Gasteiger partial charge >= 0.3 is 0 Å². The van der Waals surface area contributed by atoms with Crippen molar-refractivity contribution in [3.63, 3.8) is 0 Å². The lowest BCUT2D eigenvalue weighted by molar-refractivity contribution is 0.197. The SMILES string of the molecule is CCNC(=NCC(C(C)C)N1CCCC1)NCCc1nc(C)c(C)s1.I. The molecule has 1 saturated heterocycles. The maximum Gasteiger partial charge on any atom is 0.191 e. The molecule has 1 aromatic rings. The summed E-state index contributed by atoms with van der Waals surface area (Å²) in [6.45, 7) is 16.0. The van der Waals surface area contributed by atoms with Crippen molar-refractivity contribution in [1.82, 2.24) is 20.5 Å². The highest BCUT2D eigenvalue weighted by Crippen LogP contribution is 2.18. The molecule has 7 heteroatoms. The van der Waals surface area contributed by atoms with Gasteiger partial charge in [0.15, 0.2) is 5.96 Å². The van der Waals surface area contributed by atoms with Crippen molar-refractivity contribution in [3.8, 4) is 0 Å². The molecule has 1 atom stereocenters. The number of nitrogens with zero attached hydrogens (tertiary/aromatic N) is 3. The maximum atomic E-state index is 4.87. The first-order chi connectivity index (χ1) is 12.0. The first-order valence-electron chi connectivity index (χ1n) is 9.70. The highest BCUT2D eigenvalue weighted by molar-refractivity contribution is 14.0. The molecule has 1 aliphatic heterocycles. The van der Waals surface area contributed by atoms with Gasteiger partial charge in [-0.1, -0.05) is 13.8 Å². The highest BCUT2D eigenvalue weighted by Gasteiger charge is 2.24. The Labute approximate surface area is 180 Å². The lowest BCUT2D eigenvalue weighted by Gasteiger charge is -2.29. The number of hydrogen-bond donors (Lipinski definition) is 2. The molecule has 0 amide bonds. The Bertz CT molecular complexity index is 533. The van der Waals surface area contributed by atoms with Crippen molar-refractivity contribution in [2.24, 2.45) is 10.9 Å². The van der Waals surface area contributed by atoms with Crippen molar-refractivity contribution in [2.75, 3.05) is 32.7 Å². The van der Waals surface area contributed by atoms with Crippen molar-refractivity contribution in [3.05, 3.63) is 15.6 Å². The number of likely N-dealkylation sites (tertiary alicyclic amines) is 1. The van der Waals surface area contributed by atoms with Crippen molar-refractivity contribution in [2.45, 2.75) is 59.9 Å². The zero-order valence-electron chi connectivity index (χ0n) is 17.0. The molecular formula is C19H36IN5S. The van der Waals surface area contributed by atoms with Gasteiger partial charge in [-0.25, -0.2) is 4.98 Å². The number of guanidine groups is 1. The Morgan fingerprint density at radius 3 is 2.46 bits per heavy atom. The Kier molecular flexibility index (Phi) is 11.0. The molecule has 0 aliphatic carbocycles. The lowest BCUT2D eigenvalue weighted by atomic mass is 10.0. The van der Waals surface area contributed by atoms with E-state index in [0.717, 1.165) is 37.7 Å². The summed E-state index contributed by atoms with van der Waals surface area (Å²) in [5, 5.41) is 8.05. The maximum absolute atomic E-state index is 4.87. The second-order valence-electron chi connectivity index (χ2n) is 7.20. The van der Waals surface area contributed by atoms with Crippen LogP contribution in [0.5, 0.6) is 0 Å². The van der Waals surface area contributed by atoms with Crippen molar-refractivity contribution >= 4 is 41.3 Å². The van der Waals surface area contributed by atoms with Crippen LogP contribution in [0.2, 0.25) is 0 Å². The van der Waals surface area contributed by atoms with E-state index in [0.29, 0.717) is 12.0 Å². The summed E-state index contributed by atoms with van der Waals surface area (Å²) >= 11 is 1.80. The van der Waals surface area contributed by atoms with E-state index < -0.39 is 0 Å². The fraction of sp³-hybridized carbons (Fsp3) is 0.789. The molecule has 2 N–H and O–H groups in total. The van der Waals surface area contributed by atoms with Gasteiger partial charge in [0.2, 0.25) is 0 Å². The fourth-order valence-corrected chi connectivity index (χ4v) is 4.22. The van der Waals surface area contributed by atoms with Crippen LogP contribution in [0.1, 0.15) is 49.2 Å². The number of hydrogen-bond acceptors (Lipinski definition) is 4. The molecule has 0 aromatic carbocycles. The van der Waals surface area contributed by atoms with Crippen LogP contribution < -0.4 is 10.6 Å². The molecule has 0 bridgehead atoms. The van der Waals surface area contributed by atoms with Gasteiger partial charge in [-0.2, -0.15) is 0 Å². The van der Waals surface area contributed by atoms with Crippen LogP contribution in [0.15, 0.2) is 4.99 Å². The number of thiazole rings is 1. The molecule has 1 aromatic heterocycles. The van der Waals surface area contributed by atoms with Crippen molar-refractivity contribution < 1.29 is 0 Å². The second-order valence-corrected chi connectivity index (χ2v) is 8.49. The minimum Gasteiger partial charge on any atom is -0.357 e. The lowest BCUT2D eigenvalue weighted by Crippen LogP contribution is -2.42. The van der Waals surface area contributed by atoms with Crippen LogP contribution in [0.3, 0.4) is 0 Å². The minimum absolute atomic E-state index is 0. The Hall–Kier alpha value is -0.410. The first-order valence-corrected chi connectivity index (χ1v) is 10.5. The molecule has 2 rings (SSSR count). The summed E-state index contributed by atoms with van der Waals surface area (Å²) in [5.41, 5.74) is 1.16. The number of aryl methyl sites for hydroxylation is 2. The molecule has 1 unspecified atom stereocenters. The van der Waals surface area contributed by atoms with Gasteiger partial charge < -0.3 is 10.6 Å². The normalized spacial score (nSPS) is 16.6. The quantitative estimate of drug-likeness (QED) is 0.330. The summed E-state index contributed by atoms with van der Waals surface area (Å²) in [5.74, 6) is 1.56. The van der Waals surface area contributed by atoms with E-state index in [-0.39, 0.29) is 24.0 Å². The summed E-state index contributed by atoms with van der Waals surface area (Å²) in [4.78, 5) is 13.4. The predicted octanol–water partition coefficient (Wildman–Crippen LogP) is 3.60. The molecule has 1 aliphatic rings. The number of aliphatic imine (C=N–C) groups is 1. The molecule has 150 valence electrons. The van der Waals surface area contributed by atoms with Crippen LogP contribution in [0.4, 0.5) is 0 Å². The van der Waals surface area contributed by atoms with Crippen LogP contribution >= 0.6 is 35.3 Å². The summed E-state index contributed by atoms with van der Waals surface area (Å²) in [6, 6.07) is 0.544. The molecule has 5 nitrogen and oxygen atoms in total. The molecule has 0 radical (unpaired) electrons. The van der Waals surface area contributed by atoms with Crippen LogP contribution in [-0.2, 0) is 6.42 Å². The van der Waals surface area contributed by atoms with Crippen LogP contribution in [0, 0.1) is 19.8 Å². The smallest absolute Gasteiger partial charge is 0.191 e. The van der Waals surface area contributed by atoms with Crippen LogP contribution in [0.25, 0.3) is 0 Å². The van der Waals surface area contributed by atoms with E-state index in [1.807, 2.05) is 0 Å². The monoisotopic (exact) mass is 493 g/mol. The number of aromatic nitrogens is 1. The summed E-state index contributed by atoms with van der Waals surface area (Å²) in [6.07, 6.45) is 3.61. The van der Waals surface area contributed by atoms with Gasteiger partial charge in [0.05, 0.1) is 17.2 Å². The molecule has 1 fully saturated rings. The van der Waals surface area contributed by atoms with Gasteiger partial charge in [0.25, 0.3) is 0 Å². The topological polar surface area (TPSA) is 52.6 Å². The van der Waals surface area contributed by atoms with E-state index in [4.69, 9.17) is 4.99 Å². The van der Waals surface area contributed by atoms with E-state index in [2.05, 4.69) is 55.1 Å². The third-order valence-electron chi connectivity index (χ3n) is 4.86. The first kappa shape index (κ1) is 23.6. The zero-order chi connectivity index (χ0) is 18.2. The molecule has 0 saturated carbocycles. The van der Waals surface area contributed by atoms with Gasteiger partial charge in [-0.3, -0.25) is 9.89 Å². The van der Waals surface area contributed by atoms with Gasteiger partial charge in [0, 0.05) is 30.4 Å². The van der Waals surface area contributed by atoms with E-state index in [1.54, 1.807) is 11.3 Å². The zero-order valence-corrected chi connectivity index (χ0v) is 20.1. The highest BCUT2D eigenvalue weighted by atomic mass is 127. The molecule has 26 heavy (non-hydrogen) atoms. The largest absolute Gasteiger partial charge is 0.357 e. The third-order valence-corrected chi connectivity index (χ3v) is 6.00. The van der Waals surface area contributed by atoms with Gasteiger partial charge in [0.1, 0.15) is 0 Å². The van der Waals surface area contributed by atoms with Crippen LogP contribution in [-0.4, -0.2) is 54.6 Å². The molecule has 2 heterocycles. The number of nitrogens with one attached hydrogen (secondary N) is 2. The van der Waals surface area contributed by atoms with E-state index in [9.17, 15) is 0 Å². The molecular weight excluding hydrogens is 457 g/mol. The number of rotatable bonds is 8. The average Bonchev–Trinajstić information content (AvgIpc) is 3.18. The third kappa shape index (κ3) is 7.31. The predicted molar refractivity (Wildman–Crippen MR) is 124 cm³/mol. The summed E-state index contributed by atoms with van der Waals surface area (Å²) < 4.78 is 0. The van der Waals surface area contributed by atoms with Gasteiger partial charge in [-0.15, -0.1) is 35.3 Å². The average molecular weight is 494 g/mol. The van der Waals surface area contributed by atoms with E-state index in [1.165, 1.54) is 35.8 Å². The minimum atomic E-state index is 0. The van der Waals surface area contributed by atoms with Crippen molar-refractivity contribution in [1.29, 1.82) is 0 Å². The summed E-state index contributed by atoms with van der Waals surface area (Å²) in [7, 11) is 0. The number of halogens is 1. The Morgan fingerprint density at radius 2 is 1.92 bits per heavy atom.